The van der Waals surface area contributed by atoms with Crippen LogP contribution < -0.4 is 0 Å². The number of carbonyl (C=O) groups excluding carboxylic acids is 1. The summed E-state index contributed by atoms with van der Waals surface area (Å²) < 4.78 is 115. The summed E-state index contributed by atoms with van der Waals surface area (Å²) in [6.07, 6.45) is 12.8. The summed E-state index contributed by atoms with van der Waals surface area (Å²) in [5, 5.41) is 0. The number of alkyl halides is 6. The maximum Gasteiger partial charge on any atom is 0.438 e. The van der Waals surface area contributed by atoms with Gasteiger partial charge in [0.15, 0.2) is 0 Å². The summed E-state index contributed by atoms with van der Waals surface area (Å²) >= 11 is 0. The minimum absolute atomic E-state index is 0.00607. The standard InChI is InChI=1S/C30H54F6O5S/c1-2-3-4-5-6-7-8-9-10-11-12-13-14-15-16-17-18-19-20-21-22-23-24-25-27(37)41-28(29(31,32)33,30(34,35)36)26-42(38,39)40/h2-26H2,1H3,(H,38,39,40)/p-1. The van der Waals surface area contributed by atoms with Crippen molar-refractivity contribution < 1.29 is 48.8 Å². The van der Waals surface area contributed by atoms with E-state index in [-0.39, 0.29) is 6.42 Å². The fraction of sp³-hybridized carbons (Fsp3) is 0.967. The van der Waals surface area contributed by atoms with E-state index in [0.717, 1.165) is 25.7 Å². The molecule has 0 aliphatic rings. The van der Waals surface area contributed by atoms with Gasteiger partial charge in [0.2, 0.25) is 0 Å². The van der Waals surface area contributed by atoms with E-state index in [1.807, 2.05) is 0 Å². The van der Waals surface area contributed by atoms with Crippen molar-refractivity contribution in [2.45, 2.75) is 179 Å². The molecule has 0 unspecified atom stereocenters. The number of halogens is 6. The highest BCUT2D eigenvalue weighted by molar-refractivity contribution is 7.85. The predicted octanol–water partition coefficient (Wildman–Crippen LogP) is 10.3. The van der Waals surface area contributed by atoms with Crippen LogP contribution in [0.25, 0.3) is 0 Å². The third-order valence-corrected chi connectivity index (χ3v) is 8.33. The van der Waals surface area contributed by atoms with E-state index >= 15 is 0 Å². The first kappa shape index (κ1) is 41.0. The Hall–Kier alpha value is -1.04. The van der Waals surface area contributed by atoms with Gasteiger partial charge in [-0.2, -0.15) is 26.3 Å². The molecule has 0 spiro atoms. The molecule has 0 rings (SSSR count). The Morgan fingerprint density at radius 3 is 1.05 bits per heavy atom. The fourth-order valence-electron chi connectivity index (χ4n) is 5.02. The first-order valence-corrected chi connectivity index (χ1v) is 17.5. The molecule has 0 bridgehead atoms. The summed E-state index contributed by atoms with van der Waals surface area (Å²) in [5.41, 5.74) is -5.38. The van der Waals surface area contributed by atoms with Gasteiger partial charge in [0.1, 0.15) is 0 Å². The van der Waals surface area contributed by atoms with E-state index in [9.17, 15) is 44.1 Å². The van der Waals surface area contributed by atoms with Gasteiger partial charge in [-0.1, -0.05) is 148 Å². The summed E-state index contributed by atoms with van der Waals surface area (Å²) in [4.78, 5) is 11.7. The highest BCUT2D eigenvalue weighted by atomic mass is 32.2. The quantitative estimate of drug-likeness (QED) is 0.0386. The highest BCUT2D eigenvalue weighted by Crippen LogP contribution is 2.47. The zero-order chi connectivity index (χ0) is 32.0. The summed E-state index contributed by atoms with van der Waals surface area (Å²) in [6, 6.07) is 0. The first-order valence-electron chi connectivity index (χ1n) is 15.9. The van der Waals surface area contributed by atoms with Crippen molar-refractivity contribution in [3.8, 4) is 0 Å². The van der Waals surface area contributed by atoms with Crippen molar-refractivity contribution in [3.63, 3.8) is 0 Å². The van der Waals surface area contributed by atoms with Crippen LogP contribution in [-0.4, -0.2) is 42.6 Å². The van der Waals surface area contributed by atoms with Crippen LogP contribution in [0.1, 0.15) is 161 Å². The predicted molar refractivity (Wildman–Crippen MR) is 152 cm³/mol. The molecule has 0 saturated heterocycles. The molecule has 0 fully saturated rings. The van der Waals surface area contributed by atoms with Crippen molar-refractivity contribution >= 4 is 16.1 Å². The molecule has 0 radical (unpaired) electrons. The minimum Gasteiger partial charge on any atom is -0.748 e. The molecule has 0 heterocycles. The van der Waals surface area contributed by atoms with Gasteiger partial charge in [-0.25, -0.2) is 8.42 Å². The second kappa shape index (κ2) is 22.5. The SMILES string of the molecule is CCCCCCCCCCCCCCCCCCCCCCCCCC(=O)OC(CS(=O)(=O)[O-])(C(F)(F)F)C(F)(F)F. The smallest absolute Gasteiger partial charge is 0.438 e. The van der Waals surface area contributed by atoms with Crippen LogP contribution in [0, 0.1) is 0 Å². The molecule has 5 nitrogen and oxygen atoms in total. The van der Waals surface area contributed by atoms with Crippen LogP contribution in [0.4, 0.5) is 26.3 Å². The molecule has 42 heavy (non-hydrogen) atoms. The number of hydrogen-bond donors (Lipinski definition) is 0. The molecule has 0 atom stereocenters. The summed E-state index contributed by atoms with van der Waals surface area (Å²) in [5.74, 6) is -4.81. The Kier molecular flexibility index (Phi) is 21.9. The molecular formula is C30H53F6O5S-. The Balaban J connectivity index is 3.77. The lowest BCUT2D eigenvalue weighted by atomic mass is 10.0. The van der Waals surface area contributed by atoms with E-state index in [1.165, 1.54) is 103 Å². The maximum atomic E-state index is 13.2. The van der Waals surface area contributed by atoms with Crippen molar-refractivity contribution in [2.75, 3.05) is 5.75 Å². The van der Waals surface area contributed by atoms with Gasteiger partial charge in [-0.3, -0.25) is 4.79 Å². The molecule has 0 aliphatic heterocycles. The number of ether oxygens (including phenoxy) is 1. The van der Waals surface area contributed by atoms with Gasteiger partial charge in [0.25, 0.3) is 0 Å². The lowest BCUT2D eigenvalue weighted by molar-refractivity contribution is -0.361. The minimum atomic E-state index is -6.33. The van der Waals surface area contributed by atoms with Gasteiger partial charge in [0, 0.05) is 6.42 Å². The van der Waals surface area contributed by atoms with Gasteiger partial charge in [-0.15, -0.1) is 0 Å². The molecule has 0 N–H and O–H groups in total. The topological polar surface area (TPSA) is 83.5 Å². The summed E-state index contributed by atoms with van der Waals surface area (Å²) in [7, 11) is -6.02. The fourth-order valence-corrected chi connectivity index (χ4v) is 5.90. The number of rotatable bonds is 27. The van der Waals surface area contributed by atoms with Crippen molar-refractivity contribution in [2.24, 2.45) is 0 Å². The third kappa shape index (κ3) is 20.0. The molecule has 12 heteroatoms. The second-order valence-corrected chi connectivity index (χ2v) is 12.9. The van der Waals surface area contributed by atoms with E-state index < -0.39 is 46.2 Å². The molecule has 0 aromatic rings. The largest absolute Gasteiger partial charge is 0.748 e. The van der Waals surface area contributed by atoms with Crippen molar-refractivity contribution in [3.05, 3.63) is 0 Å². The van der Waals surface area contributed by atoms with Gasteiger partial charge in [0.05, 0.1) is 15.9 Å². The van der Waals surface area contributed by atoms with Gasteiger partial charge >= 0.3 is 23.9 Å². The molecule has 0 aliphatic carbocycles. The van der Waals surface area contributed by atoms with E-state index in [4.69, 9.17) is 0 Å². The maximum absolute atomic E-state index is 13.2. The number of carbonyl (C=O) groups is 1. The Labute approximate surface area is 249 Å². The molecule has 0 aromatic heterocycles. The van der Waals surface area contributed by atoms with Gasteiger partial charge < -0.3 is 9.29 Å². The number of esters is 1. The van der Waals surface area contributed by atoms with Crippen LogP contribution in [0.15, 0.2) is 0 Å². The van der Waals surface area contributed by atoms with E-state index in [0.29, 0.717) is 12.8 Å². The first-order chi connectivity index (χ1) is 19.7. The molecule has 0 aromatic carbocycles. The molecular weight excluding hydrogens is 586 g/mol. The second-order valence-electron chi connectivity index (χ2n) is 11.5. The van der Waals surface area contributed by atoms with Crippen LogP contribution in [0.5, 0.6) is 0 Å². The Bertz CT molecular complexity index is 770. The number of unbranched alkanes of at least 4 members (excludes halogenated alkanes) is 22. The lowest BCUT2D eigenvalue weighted by Gasteiger charge is -2.36. The van der Waals surface area contributed by atoms with E-state index in [1.54, 1.807) is 0 Å². The van der Waals surface area contributed by atoms with Crippen LogP contribution in [0.2, 0.25) is 0 Å². The third-order valence-electron chi connectivity index (χ3n) is 7.57. The average molecular weight is 640 g/mol. The highest BCUT2D eigenvalue weighted by Gasteiger charge is 2.75. The van der Waals surface area contributed by atoms with Crippen molar-refractivity contribution in [1.29, 1.82) is 0 Å². The normalized spacial score (nSPS) is 13.0. The van der Waals surface area contributed by atoms with Crippen LogP contribution in [0.3, 0.4) is 0 Å². The molecule has 0 saturated carbocycles. The number of hydrogen-bond acceptors (Lipinski definition) is 5. The molecule has 0 amide bonds. The average Bonchev–Trinajstić information content (AvgIpc) is 2.86. The zero-order valence-electron chi connectivity index (χ0n) is 25.4. The Morgan fingerprint density at radius 1 is 0.548 bits per heavy atom. The van der Waals surface area contributed by atoms with Crippen molar-refractivity contribution in [1.82, 2.24) is 0 Å². The zero-order valence-corrected chi connectivity index (χ0v) is 26.2. The van der Waals surface area contributed by atoms with Gasteiger partial charge in [-0.05, 0) is 6.42 Å². The lowest BCUT2D eigenvalue weighted by Crippen LogP contribution is -2.63. The molecule has 252 valence electrons. The Morgan fingerprint density at radius 2 is 0.810 bits per heavy atom. The van der Waals surface area contributed by atoms with Crippen LogP contribution >= 0.6 is 0 Å². The van der Waals surface area contributed by atoms with E-state index in [2.05, 4.69) is 11.7 Å². The monoisotopic (exact) mass is 639 g/mol. The van der Waals surface area contributed by atoms with Crippen LogP contribution in [-0.2, 0) is 19.6 Å². The summed E-state index contributed by atoms with van der Waals surface area (Å²) in [6.45, 7) is 2.24.